The van der Waals surface area contributed by atoms with E-state index < -0.39 is 0 Å². The smallest absolute Gasteiger partial charge is 0.264 e. The molecule has 1 amide bonds. The largest absolute Gasteiger partial charge is 0.330 e. The summed E-state index contributed by atoms with van der Waals surface area (Å²) in [6, 6.07) is 13.5. The number of rotatable bonds is 3. The van der Waals surface area contributed by atoms with E-state index in [0.717, 1.165) is 16.7 Å². The summed E-state index contributed by atoms with van der Waals surface area (Å²) in [5, 5.41) is 0. The Labute approximate surface area is 157 Å². The molecule has 3 heterocycles. The van der Waals surface area contributed by atoms with Crippen LogP contribution in [0.2, 0.25) is 0 Å². The number of carbonyl (C=O) groups excluding carboxylic acids is 1. The van der Waals surface area contributed by atoms with Crippen LogP contribution in [0.3, 0.4) is 0 Å². The average molecular weight is 359 g/mol. The molecular formula is C22H21N3O2. The molecule has 1 unspecified atom stereocenters. The van der Waals surface area contributed by atoms with Crippen LogP contribution < -0.4 is 5.56 Å². The van der Waals surface area contributed by atoms with Gasteiger partial charge in [0.15, 0.2) is 0 Å². The van der Waals surface area contributed by atoms with Gasteiger partial charge in [-0.1, -0.05) is 30.3 Å². The van der Waals surface area contributed by atoms with Crippen molar-refractivity contribution in [3.8, 4) is 0 Å². The molecule has 1 aliphatic rings. The van der Waals surface area contributed by atoms with Gasteiger partial charge in [-0.05, 0) is 48.2 Å². The van der Waals surface area contributed by atoms with Crippen molar-refractivity contribution in [2.75, 3.05) is 0 Å². The van der Waals surface area contributed by atoms with Gasteiger partial charge in [-0.25, -0.2) is 0 Å². The first-order valence-electron chi connectivity index (χ1n) is 9.04. The molecular weight excluding hydrogens is 338 g/mol. The van der Waals surface area contributed by atoms with E-state index in [2.05, 4.69) is 4.98 Å². The molecule has 0 fully saturated rings. The van der Waals surface area contributed by atoms with E-state index in [1.807, 2.05) is 56.3 Å². The number of hydrogen-bond donors (Lipinski definition) is 0. The summed E-state index contributed by atoms with van der Waals surface area (Å²) < 4.78 is 1.64. The fraction of sp³-hybridized carbons (Fsp3) is 0.227. The van der Waals surface area contributed by atoms with Crippen LogP contribution in [-0.2, 0) is 13.1 Å². The van der Waals surface area contributed by atoms with Crippen LogP contribution in [0.1, 0.15) is 45.6 Å². The Kier molecular flexibility index (Phi) is 4.36. The number of aryl methyl sites for hydroxylation is 1. The maximum atomic E-state index is 13.2. The van der Waals surface area contributed by atoms with Crippen molar-refractivity contribution >= 4 is 5.91 Å². The second kappa shape index (κ2) is 6.83. The van der Waals surface area contributed by atoms with Crippen molar-refractivity contribution in [3.63, 3.8) is 0 Å². The molecule has 3 aromatic rings. The second-order valence-corrected chi connectivity index (χ2v) is 6.98. The van der Waals surface area contributed by atoms with Gasteiger partial charge in [-0.15, -0.1) is 0 Å². The summed E-state index contributed by atoms with van der Waals surface area (Å²) in [5.41, 5.74) is 3.87. The van der Waals surface area contributed by atoms with E-state index in [9.17, 15) is 9.59 Å². The van der Waals surface area contributed by atoms with Crippen LogP contribution in [0.15, 0.2) is 65.8 Å². The third-order valence-corrected chi connectivity index (χ3v) is 5.26. The van der Waals surface area contributed by atoms with E-state index in [0.29, 0.717) is 18.7 Å². The number of nitrogens with zero attached hydrogens (tertiary/aromatic N) is 3. The molecule has 4 rings (SSSR count). The van der Waals surface area contributed by atoms with Crippen LogP contribution in [0, 0.1) is 6.92 Å². The van der Waals surface area contributed by atoms with Gasteiger partial charge >= 0.3 is 0 Å². The maximum Gasteiger partial charge on any atom is 0.264 e. The molecule has 5 nitrogen and oxygen atoms in total. The lowest BCUT2D eigenvalue weighted by atomic mass is 10.1. The Morgan fingerprint density at radius 2 is 1.81 bits per heavy atom. The normalized spacial score (nSPS) is 14.1. The minimum atomic E-state index is -0.245. The van der Waals surface area contributed by atoms with Crippen LogP contribution in [-0.4, -0.2) is 20.4 Å². The minimum absolute atomic E-state index is 0.147. The van der Waals surface area contributed by atoms with Gasteiger partial charge in [0.2, 0.25) is 0 Å². The Balaban J connectivity index is 1.70. The molecule has 136 valence electrons. The molecule has 0 N–H and O–H groups in total. The third kappa shape index (κ3) is 3.05. The van der Waals surface area contributed by atoms with Crippen molar-refractivity contribution in [2.24, 2.45) is 0 Å². The van der Waals surface area contributed by atoms with Gasteiger partial charge in [-0.2, -0.15) is 0 Å². The van der Waals surface area contributed by atoms with Crippen molar-refractivity contribution in [1.29, 1.82) is 0 Å². The monoisotopic (exact) mass is 359 g/mol. The molecule has 0 radical (unpaired) electrons. The van der Waals surface area contributed by atoms with Crippen LogP contribution in [0.25, 0.3) is 0 Å². The van der Waals surface area contributed by atoms with Crippen molar-refractivity contribution in [3.05, 3.63) is 99.2 Å². The molecule has 1 aromatic carbocycles. The van der Waals surface area contributed by atoms with Gasteiger partial charge in [0, 0.05) is 31.7 Å². The number of pyridine rings is 2. The lowest BCUT2D eigenvalue weighted by molar-refractivity contribution is 0.0748. The highest BCUT2D eigenvalue weighted by Gasteiger charge is 2.28. The van der Waals surface area contributed by atoms with E-state index in [-0.39, 0.29) is 23.1 Å². The number of amides is 1. The third-order valence-electron chi connectivity index (χ3n) is 5.26. The summed E-state index contributed by atoms with van der Waals surface area (Å²) in [4.78, 5) is 32.2. The highest BCUT2D eigenvalue weighted by atomic mass is 16.2. The van der Waals surface area contributed by atoms with Crippen molar-refractivity contribution in [1.82, 2.24) is 14.5 Å². The Hall–Kier alpha value is -3.21. The van der Waals surface area contributed by atoms with Gasteiger partial charge in [0.05, 0.1) is 6.04 Å². The molecule has 5 heteroatoms. The first-order chi connectivity index (χ1) is 13.1. The van der Waals surface area contributed by atoms with Crippen molar-refractivity contribution < 1.29 is 4.79 Å². The van der Waals surface area contributed by atoms with Gasteiger partial charge in [-0.3, -0.25) is 14.6 Å². The summed E-state index contributed by atoms with van der Waals surface area (Å²) in [7, 11) is 0. The summed E-state index contributed by atoms with van der Waals surface area (Å²) in [6.45, 7) is 4.79. The zero-order valence-electron chi connectivity index (χ0n) is 15.4. The average Bonchev–Trinajstić information content (AvgIpc) is 3.12. The molecule has 0 aliphatic carbocycles. The van der Waals surface area contributed by atoms with Gasteiger partial charge in [0.25, 0.3) is 11.5 Å². The van der Waals surface area contributed by atoms with Gasteiger partial charge < -0.3 is 9.47 Å². The van der Waals surface area contributed by atoms with E-state index >= 15 is 0 Å². The molecule has 0 saturated heterocycles. The molecule has 0 spiro atoms. The predicted octanol–water partition coefficient (Wildman–Crippen LogP) is 3.32. The quantitative estimate of drug-likeness (QED) is 0.721. The number of aromatic nitrogens is 2. The first-order valence-corrected chi connectivity index (χ1v) is 9.04. The van der Waals surface area contributed by atoms with Crippen molar-refractivity contribution in [2.45, 2.75) is 33.0 Å². The fourth-order valence-corrected chi connectivity index (χ4v) is 3.62. The van der Waals surface area contributed by atoms with Gasteiger partial charge in [0.1, 0.15) is 5.56 Å². The van der Waals surface area contributed by atoms with Crippen LogP contribution >= 0.6 is 0 Å². The lowest BCUT2D eigenvalue weighted by Crippen LogP contribution is -2.35. The minimum Gasteiger partial charge on any atom is -0.330 e. The molecule has 1 atom stereocenters. The number of carbonyl (C=O) groups is 1. The zero-order valence-corrected chi connectivity index (χ0v) is 15.4. The maximum absolute atomic E-state index is 13.2. The number of fused-ring (bicyclic) bond motifs is 1. The zero-order chi connectivity index (χ0) is 19.0. The Bertz CT molecular complexity index is 1030. The predicted molar refractivity (Wildman–Crippen MR) is 104 cm³/mol. The SMILES string of the molecule is Cc1ccn(C(C)c2ccccc2)c(=O)c1C(=O)N1Cc2ccncc2C1. The summed E-state index contributed by atoms with van der Waals surface area (Å²) in [5.74, 6) is -0.219. The highest BCUT2D eigenvalue weighted by molar-refractivity contribution is 5.95. The number of hydrogen-bond acceptors (Lipinski definition) is 3. The molecule has 2 aromatic heterocycles. The van der Waals surface area contributed by atoms with E-state index in [1.165, 1.54) is 0 Å². The summed E-state index contributed by atoms with van der Waals surface area (Å²) in [6.07, 6.45) is 5.29. The van der Waals surface area contributed by atoms with Crippen LogP contribution in [0.5, 0.6) is 0 Å². The molecule has 1 aliphatic heterocycles. The summed E-state index contributed by atoms with van der Waals surface area (Å²) >= 11 is 0. The first kappa shape index (κ1) is 17.2. The second-order valence-electron chi connectivity index (χ2n) is 6.98. The standard InChI is InChI=1S/C22H21N3O2/c1-15-9-11-25(16(2)17-6-4-3-5-7-17)22(27)20(15)21(26)24-13-18-8-10-23-12-19(18)14-24/h3-12,16H,13-14H2,1-2H3. The Morgan fingerprint density at radius 3 is 2.56 bits per heavy atom. The highest BCUT2D eigenvalue weighted by Crippen LogP contribution is 2.24. The molecule has 0 saturated carbocycles. The van der Waals surface area contributed by atoms with E-state index in [4.69, 9.17) is 0 Å². The molecule has 0 bridgehead atoms. The fourth-order valence-electron chi connectivity index (χ4n) is 3.62. The molecule has 27 heavy (non-hydrogen) atoms. The van der Waals surface area contributed by atoms with Crippen LogP contribution in [0.4, 0.5) is 0 Å². The Morgan fingerprint density at radius 1 is 1.07 bits per heavy atom. The number of benzene rings is 1. The lowest BCUT2D eigenvalue weighted by Gasteiger charge is -2.20. The van der Waals surface area contributed by atoms with E-state index in [1.54, 1.807) is 28.1 Å². The topological polar surface area (TPSA) is 55.2 Å².